The normalized spacial score (nSPS) is 11.6. The first-order valence-corrected chi connectivity index (χ1v) is 8.68. The second kappa shape index (κ2) is 5.77. The third-order valence-electron chi connectivity index (χ3n) is 3.29. The first-order valence-electron chi connectivity index (χ1n) is 6.79. The lowest BCUT2D eigenvalue weighted by atomic mass is 10.3. The van der Waals surface area contributed by atoms with Crippen LogP contribution in [0.3, 0.4) is 0 Å². The molecule has 0 spiro atoms. The molecule has 2 rings (SSSR count). The van der Waals surface area contributed by atoms with E-state index in [2.05, 4.69) is 5.10 Å². The van der Waals surface area contributed by atoms with Crippen LogP contribution in [0.2, 0.25) is 0 Å². The Morgan fingerprint density at radius 2 is 1.76 bits per heavy atom. The van der Waals surface area contributed by atoms with E-state index in [1.165, 1.54) is 4.68 Å². The summed E-state index contributed by atoms with van der Waals surface area (Å²) < 4.78 is 25.7. The second-order valence-electron chi connectivity index (χ2n) is 4.73. The lowest BCUT2D eigenvalue weighted by Gasteiger charge is -2.18. The molecule has 0 aliphatic carbocycles. The van der Waals surface area contributed by atoms with Crippen LogP contribution in [0.5, 0.6) is 0 Å². The van der Waals surface area contributed by atoms with Gasteiger partial charge in [-0.25, -0.2) is 13.1 Å². The van der Waals surface area contributed by atoms with E-state index in [1.807, 2.05) is 49.1 Å². The topological polar surface area (TPSA) is 81.2 Å². The molecule has 7 heteroatoms. The summed E-state index contributed by atoms with van der Waals surface area (Å²) in [7, 11) is -3.47. The average molecular weight is 308 g/mol. The Bertz CT molecular complexity index is 719. The molecule has 0 atom stereocenters. The van der Waals surface area contributed by atoms with Gasteiger partial charge in [0.2, 0.25) is 0 Å². The minimum atomic E-state index is -3.47. The Balaban J connectivity index is 2.72. The van der Waals surface area contributed by atoms with Crippen LogP contribution in [0.25, 0.3) is 5.69 Å². The fourth-order valence-corrected chi connectivity index (χ4v) is 3.22. The summed E-state index contributed by atoms with van der Waals surface area (Å²) in [6.07, 6.45) is 1.16. The molecule has 1 aromatic carbocycles. The average Bonchev–Trinajstić information content (AvgIpc) is 2.79. The van der Waals surface area contributed by atoms with Gasteiger partial charge in [-0.2, -0.15) is 0 Å². The van der Waals surface area contributed by atoms with Crippen molar-refractivity contribution in [3.05, 3.63) is 30.3 Å². The molecular formula is C14H20N4O2S. The van der Waals surface area contributed by atoms with Crippen molar-refractivity contribution >= 4 is 21.5 Å². The molecule has 1 aromatic heterocycles. The number of sulfone groups is 1. The van der Waals surface area contributed by atoms with E-state index < -0.39 is 9.84 Å². The summed E-state index contributed by atoms with van der Waals surface area (Å²) in [5.74, 6) is 0.550. The van der Waals surface area contributed by atoms with E-state index >= 15 is 0 Å². The first kappa shape index (κ1) is 15.4. The number of nitrogens with two attached hydrogens (primary N) is 1. The summed E-state index contributed by atoms with van der Waals surface area (Å²) in [6.45, 7) is 5.22. The van der Waals surface area contributed by atoms with Gasteiger partial charge in [-0.15, -0.1) is 5.10 Å². The molecule has 0 aliphatic heterocycles. The van der Waals surface area contributed by atoms with Crippen LogP contribution < -0.4 is 10.6 Å². The largest absolute Gasteiger partial charge is 0.382 e. The van der Waals surface area contributed by atoms with Gasteiger partial charge in [0.25, 0.3) is 0 Å². The number of anilines is 2. The Morgan fingerprint density at radius 3 is 2.24 bits per heavy atom. The van der Waals surface area contributed by atoms with Crippen molar-refractivity contribution in [1.82, 2.24) is 9.78 Å². The predicted octanol–water partition coefficient (Wildman–Crippen LogP) is 1.70. The van der Waals surface area contributed by atoms with Crippen molar-refractivity contribution < 1.29 is 8.42 Å². The third kappa shape index (κ3) is 2.87. The molecule has 1 heterocycles. The van der Waals surface area contributed by atoms with Gasteiger partial charge in [-0.05, 0) is 26.0 Å². The monoisotopic (exact) mass is 308 g/mol. The molecule has 2 aromatic rings. The fourth-order valence-electron chi connectivity index (χ4n) is 2.26. The highest BCUT2D eigenvalue weighted by molar-refractivity contribution is 7.91. The zero-order valence-corrected chi connectivity index (χ0v) is 13.3. The van der Waals surface area contributed by atoms with Gasteiger partial charge in [0.15, 0.2) is 20.6 Å². The summed E-state index contributed by atoms with van der Waals surface area (Å²) in [5.41, 5.74) is 6.80. The van der Waals surface area contributed by atoms with Crippen LogP contribution in [0, 0.1) is 0 Å². The smallest absolute Gasteiger partial charge is 0.182 e. The molecule has 0 fully saturated rings. The van der Waals surface area contributed by atoms with Crippen LogP contribution >= 0.6 is 0 Å². The van der Waals surface area contributed by atoms with Gasteiger partial charge in [0.05, 0.1) is 5.69 Å². The van der Waals surface area contributed by atoms with Crippen molar-refractivity contribution in [3.63, 3.8) is 0 Å². The lowest BCUT2D eigenvalue weighted by Crippen LogP contribution is -2.24. The third-order valence-corrected chi connectivity index (χ3v) is 4.43. The highest BCUT2D eigenvalue weighted by atomic mass is 32.2. The zero-order valence-electron chi connectivity index (χ0n) is 12.4. The maximum Gasteiger partial charge on any atom is 0.182 e. The minimum absolute atomic E-state index is 0.0926. The van der Waals surface area contributed by atoms with Gasteiger partial charge < -0.3 is 10.6 Å². The molecule has 21 heavy (non-hydrogen) atoms. The minimum Gasteiger partial charge on any atom is -0.382 e. The van der Waals surface area contributed by atoms with Gasteiger partial charge >= 0.3 is 0 Å². The molecule has 0 saturated carbocycles. The molecule has 114 valence electrons. The zero-order chi connectivity index (χ0) is 15.6. The van der Waals surface area contributed by atoms with Crippen LogP contribution in [0.4, 0.5) is 11.6 Å². The number of para-hydroxylation sites is 1. The van der Waals surface area contributed by atoms with E-state index in [0.717, 1.165) is 11.9 Å². The quantitative estimate of drug-likeness (QED) is 0.909. The summed E-state index contributed by atoms with van der Waals surface area (Å²) in [4.78, 5) is 1.97. The number of rotatable bonds is 5. The SMILES string of the molecule is CCN(CC)c1nn(-c2ccccc2)c(N)c1S(C)(=O)=O. The Morgan fingerprint density at radius 1 is 1.19 bits per heavy atom. The predicted molar refractivity (Wildman–Crippen MR) is 84.6 cm³/mol. The summed E-state index contributed by atoms with van der Waals surface area (Å²) in [5, 5.41) is 4.43. The number of aromatic nitrogens is 2. The number of hydrogen-bond donors (Lipinski definition) is 1. The van der Waals surface area contributed by atoms with E-state index in [4.69, 9.17) is 5.73 Å². The highest BCUT2D eigenvalue weighted by Crippen LogP contribution is 2.31. The van der Waals surface area contributed by atoms with E-state index in [0.29, 0.717) is 18.9 Å². The van der Waals surface area contributed by atoms with Crippen LogP contribution in [0.1, 0.15) is 13.8 Å². The molecule has 0 saturated heterocycles. The van der Waals surface area contributed by atoms with Crippen molar-refractivity contribution in [2.75, 3.05) is 30.0 Å². The molecular weight excluding hydrogens is 288 g/mol. The summed E-state index contributed by atoms with van der Waals surface area (Å²) in [6, 6.07) is 9.26. The van der Waals surface area contributed by atoms with Crippen molar-refractivity contribution in [1.29, 1.82) is 0 Å². The number of benzene rings is 1. The van der Waals surface area contributed by atoms with Gasteiger partial charge in [-0.3, -0.25) is 0 Å². The molecule has 0 bridgehead atoms. The fraction of sp³-hybridized carbons (Fsp3) is 0.357. The van der Waals surface area contributed by atoms with Gasteiger partial charge in [-0.1, -0.05) is 18.2 Å². The maximum atomic E-state index is 12.1. The van der Waals surface area contributed by atoms with Crippen molar-refractivity contribution in [3.8, 4) is 5.69 Å². The Hall–Kier alpha value is -2.02. The first-order chi connectivity index (χ1) is 9.90. The van der Waals surface area contributed by atoms with E-state index in [-0.39, 0.29) is 10.7 Å². The summed E-state index contributed by atoms with van der Waals surface area (Å²) >= 11 is 0. The maximum absolute atomic E-state index is 12.1. The Labute approximate surface area is 125 Å². The highest BCUT2D eigenvalue weighted by Gasteiger charge is 2.27. The number of nitrogen functional groups attached to an aromatic ring is 1. The van der Waals surface area contributed by atoms with Crippen molar-refractivity contribution in [2.45, 2.75) is 18.7 Å². The Kier molecular flexibility index (Phi) is 4.22. The molecule has 0 unspecified atom stereocenters. The molecule has 2 N–H and O–H groups in total. The number of nitrogens with zero attached hydrogens (tertiary/aromatic N) is 3. The molecule has 0 amide bonds. The van der Waals surface area contributed by atoms with E-state index in [9.17, 15) is 8.42 Å². The van der Waals surface area contributed by atoms with Gasteiger partial charge in [0.1, 0.15) is 5.82 Å². The van der Waals surface area contributed by atoms with Crippen LogP contribution in [-0.4, -0.2) is 37.5 Å². The van der Waals surface area contributed by atoms with E-state index in [1.54, 1.807) is 0 Å². The lowest BCUT2D eigenvalue weighted by molar-refractivity contribution is 0.602. The molecule has 0 aliphatic rings. The van der Waals surface area contributed by atoms with Crippen LogP contribution in [0.15, 0.2) is 35.2 Å². The van der Waals surface area contributed by atoms with Crippen LogP contribution in [-0.2, 0) is 9.84 Å². The van der Waals surface area contributed by atoms with Crippen molar-refractivity contribution in [2.24, 2.45) is 0 Å². The second-order valence-corrected chi connectivity index (χ2v) is 6.68. The van der Waals surface area contributed by atoms with Gasteiger partial charge in [0, 0.05) is 19.3 Å². The number of hydrogen-bond acceptors (Lipinski definition) is 5. The molecule has 6 nitrogen and oxygen atoms in total. The standard InChI is InChI=1S/C14H20N4O2S/c1-4-17(5-2)14-12(21(3,19)20)13(15)18(16-14)11-9-7-6-8-10-11/h6-10H,4-5,15H2,1-3H3. The molecule has 0 radical (unpaired) electrons.